The van der Waals surface area contributed by atoms with Crippen LogP contribution in [0.1, 0.15) is 61.8 Å². The lowest BCUT2D eigenvalue weighted by atomic mass is 9.79. The Morgan fingerprint density at radius 1 is 1.26 bits per heavy atom. The van der Waals surface area contributed by atoms with Crippen LogP contribution >= 0.6 is 0 Å². The lowest BCUT2D eigenvalue weighted by molar-refractivity contribution is 0.00578. The molecule has 0 spiro atoms. The molecule has 0 aromatic carbocycles. The smallest absolute Gasteiger partial charge is 0.399 e. The Kier molecular flexibility index (Phi) is 2.13. The molecule has 2 heterocycles. The van der Waals surface area contributed by atoms with Crippen LogP contribution in [0.5, 0.6) is 0 Å². The summed E-state index contributed by atoms with van der Waals surface area (Å²) in [6, 6.07) is 1.69. The standard InChI is InChI=1S/C15H22BNO2/c1-10-8-12(9-17-13(10)11-6-7-11)16-18-14(2,3)15(4,5)19-16/h8-9,11H,6-7H2,1-5H3/i1D3. The Balaban J connectivity index is 1.96. The van der Waals surface area contributed by atoms with Gasteiger partial charge in [0.2, 0.25) is 0 Å². The van der Waals surface area contributed by atoms with Crippen molar-refractivity contribution in [3.8, 4) is 0 Å². The number of hydrogen-bond acceptors (Lipinski definition) is 3. The lowest BCUT2D eigenvalue weighted by Crippen LogP contribution is -2.41. The molecule has 102 valence electrons. The van der Waals surface area contributed by atoms with Crippen LogP contribution in [-0.2, 0) is 9.31 Å². The van der Waals surface area contributed by atoms with Crippen molar-refractivity contribution in [2.75, 3.05) is 0 Å². The predicted molar refractivity (Wildman–Crippen MR) is 76.7 cm³/mol. The van der Waals surface area contributed by atoms with E-state index < -0.39 is 25.2 Å². The molecule has 0 N–H and O–H groups in total. The van der Waals surface area contributed by atoms with Gasteiger partial charge in [0, 0.05) is 27.4 Å². The molecule has 2 fully saturated rings. The van der Waals surface area contributed by atoms with E-state index in [1.165, 1.54) is 0 Å². The number of hydrogen-bond donors (Lipinski definition) is 0. The normalized spacial score (nSPS) is 27.8. The van der Waals surface area contributed by atoms with E-state index in [1.807, 2.05) is 27.7 Å². The molecule has 0 atom stereocenters. The SMILES string of the molecule is [2H]C([2H])([2H])c1cc(B2OC(C)(C)C(C)(C)O2)cnc1C1CC1. The Bertz CT molecular complexity index is 581. The maximum Gasteiger partial charge on any atom is 0.496 e. The molecule has 19 heavy (non-hydrogen) atoms. The third-order valence-corrected chi connectivity index (χ3v) is 4.43. The van der Waals surface area contributed by atoms with Gasteiger partial charge in [0.25, 0.3) is 0 Å². The van der Waals surface area contributed by atoms with Gasteiger partial charge >= 0.3 is 7.12 Å². The molecular formula is C15H22BNO2. The number of nitrogens with zero attached hydrogens (tertiary/aromatic N) is 1. The summed E-state index contributed by atoms with van der Waals surface area (Å²) in [5, 5.41) is 0. The fourth-order valence-corrected chi connectivity index (χ4v) is 2.28. The Hall–Kier alpha value is -0.865. The summed E-state index contributed by atoms with van der Waals surface area (Å²) < 4.78 is 35.3. The first-order chi connectivity index (χ1) is 10.0. The predicted octanol–water partition coefficient (Wildman–Crippen LogP) is 2.57. The quantitative estimate of drug-likeness (QED) is 0.767. The lowest BCUT2D eigenvalue weighted by Gasteiger charge is -2.32. The third kappa shape index (κ3) is 2.21. The minimum absolute atomic E-state index is 0.294. The molecule has 3 nitrogen and oxygen atoms in total. The molecule has 1 aliphatic carbocycles. The molecule has 0 amide bonds. The van der Waals surface area contributed by atoms with Crippen molar-refractivity contribution in [3.05, 3.63) is 23.5 Å². The van der Waals surface area contributed by atoms with Gasteiger partial charge in [-0.05, 0) is 53.0 Å². The summed E-state index contributed by atoms with van der Waals surface area (Å²) in [5.74, 6) is 0.294. The maximum absolute atomic E-state index is 7.77. The molecule has 1 aromatic heterocycles. The van der Waals surface area contributed by atoms with Gasteiger partial charge in [-0.1, -0.05) is 6.07 Å². The van der Waals surface area contributed by atoms with Crippen LogP contribution in [0.25, 0.3) is 0 Å². The highest BCUT2D eigenvalue weighted by Gasteiger charge is 2.51. The van der Waals surface area contributed by atoms with Crippen molar-refractivity contribution in [2.45, 2.75) is 64.5 Å². The van der Waals surface area contributed by atoms with Crippen LogP contribution in [0.2, 0.25) is 0 Å². The first kappa shape index (κ1) is 9.95. The van der Waals surface area contributed by atoms with Gasteiger partial charge in [0.1, 0.15) is 0 Å². The van der Waals surface area contributed by atoms with E-state index in [2.05, 4.69) is 4.98 Å². The van der Waals surface area contributed by atoms with Crippen molar-refractivity contribution in [2.24, 2.45) is 0 Å². The van der Waals surface area contributed by atoms with Crippen molar-refractivity contribution in [1.29, 1.82) is 0 Å². The van der Waals surface area contributed by atoms with Gasteiger partial charge in [-0.2, -0.15) is 0 Å². The van der Waals surface area contributed by atoms with Crippen LogP contribution in [0.3, 0.4) is 0 Å². The van der Waals surface area contributed by atoms with Gasteiger partial charge in [-0.15, -0.1) is 0 Å². The second kappa shape index (κ2) is 4.06. The minimum Gasteiger partial charge on any atom is -0.399 e. The average Bonchev–Trinajstić information content (AvgIpc) is 3.16. The number of rotatable bonds is 2. The van der Waals surface area contributed by atoms with Gasteiger partial charge in [-0.3, -0.25) is 4.98 Å². The zero-order chi connectivity index (χ0) is 16.3. The van der Waals surface area contributed by atoms with E-state index in [-0.39, 0.29) is 0 Å². The molecule has 1 saturated heterocycles. The zero-order valence-corrected chi connectivity index (χ0v) is 12.0. The van der Waals surface area contributed by atoms with E-state index >= 15 is 0 Å². The fourth-order valence-electron chi connectivity index (χ4n) is 2.28. The highest BCUT2D eigenvalue weighted by Crippen LogP contribution is 2.40. The molecule has 2 aliphatic rings. The minimum atomic E-state index is -2.16. The molecule has 0 bridgehead atoms. The van der Waals surface area contributed by atoms with Crippen molar-refractivity contribution >= 4 is 12.6 Å². The van der Waals surface area contributed by atoms with Gasteiger partial charge in [0.15, 0.2) is 0 Å². The van der Waals surface area contributed by atoms with Crippen molar-refractivity contribution < 1.29 is 13.4 Å². The topological polar surface area (TPSA) is 31.4 Å². The van der Waals surface area contributed by atoms with E-state index in [1.54, 1.807) is 12.3 Å². The zero-order valence-electron chi connectivity index (χ0n) is 15.0. The average molecular weight is 262 g/mol. The van der Waals surface area contributed by atoms with Crippen LogP contribution in [-0.4, -0.2) is 23.3 Å². The van der Waals surface area contributed by atoms with E-state index in [9.17, 15) is 0 Å². The molecule has 0 radical (unpaired) electrons. The van der Waals surface area contributed by atoms with Gasteiger partial charge in [-0.25, -0.2) is 0 Å². The molecule has 1 aromatic rings. The van der Waals surface area contributed by atoms with Crippen LogP contribution in [0, 0.1) is 6.85 Å². The van der Waals surface area contributed by atoms with E-state index in [0.29, 0.717) is 22.6 Å². The Morgan fingerprint density at radius 2 is 1.89 bits per heavy atom. The van der Waals surface area contributed by atoms with Crippen LogP contribution < -0.4 is 5.46 Å². The fraction of sp³-hybridized carbons (Fsp3) is 0.667. The first-order valence-electron chi connectivity index (χ1n) is 8.37. The highest BCUT2D eigenvalue weighted by atomic mass is 16.7. The molecule has 1 aliphatic heterocycles. The molecule has 4 heteroatoms. The van der Waals surface area contributed by atoms with Crippen LogP contribution in [0.15, 0.2) is 12.3 Å². The first-order valence-corrected chi connectivity index (χ1v) is 6.87. The molecule has 1 saturated carbocycles. The van der Waals surface area contributed by atoms with Gasteiger partial charge < -0.3 is 9.31 Å². The monoisotopic (exact) mass is 262 g/mol. The summed E-state index contributed by atoms with van der Waals surface area (Å²) >= 11 is 0. The van der Waals surface area contributed by atoms with Crippen molar-refractivity contribution in [3.63, 3.8) is 0 Å². The second-order valence-corrected chi connectivity index (χ2v) is 6.56. The Morgan fingerprint density at radius 3 is 2.42 bits per heavy atom. The summed E-state index contributed by atoms with van der Waals surface area (Å²) in [4.78, 5) is 4.43. The summed E-state index contributed by atoms with van der Waals surface area (Å²) in [6.07, 6.45) is 3.74. The summed E-state index contributed by atoms with van der Waals surface area (Å²) in [5.41, 5.74) is 0.816. The van der Waals surface area contributed by atoms with E-state index in [4.69, 9.17) is 13.4 Å². The van der Waals surface area contributed by atoms with Crippen molar-refractivity contribution in [1.82, 2.24) is 4.98 Å². The number of aryl methyl sites for hydroxylation is 1. The second-order valence-electron chi connectivity index (χ2n) is 6.56. The molecule has 0 unspecified atom stereocenters. The highest BCUT2D eigenvalue weighted by molar-refractivity contribution is 6.62. The maximum atomic E-state index is 7.77. The number of aromatic nitrogens is 1. The molecule has 3 rings (SSSR count). The molecular weight excluding hydrogens is 237 g/mol. The Labute approximate surface area is 120 Å². The number of pyridine rings is 1. The summed E-state index contributed by atoms with van der Waals surface area (Å²) in [7, 11) is -0.577. The van der Waals surface area contributed by atoms with Crippen LogP contribution in [0.4, 0.5) is 0 Å². The van der Waals surface area contributed by atoms with E-state index in [0.717, 1.165) is 12.8 Å². The third-order valence-electron chi connectivity index (χ3n) is 4.43. The van der Waals surface area contributed by atoms with Gasteiger partial charge in [0.05, 0.1) is 11.2 Å². The summed E-state index contributed by atoms with van der Waals surface area (Å²) in [6.45, 7) is 5.74. The largest absolute Gasteiger partial charge is 0.496 e.